The fraction of sp³-hybridized carbons (Fsp3) is 0.400. The summed E-state index contributed by atoms with van der Waals surface area (Å²) in [4.78, 5) is 24.3. The number of hydrogen-bond acceptors (Lipinski definition) is 5. The number of Topliss-reactive ketones (excluding diaryl/α,β-unsaturated/α-hetero) is 1. The highest BCUT2D eigenvalue weighted by Crippen LogP contribution is 2.28. The van der Waals surface area contributed by atoms with Crippen LogP contribution in [-0.2, 0) is 6.54 Å². The number of methoxy groups -OCH3 is 1. The number of ether oxygens (including phenoxy) is 2. The van der Waals surface area contributed by atoms with Crippen LogP contribution in [0.1, 0.15) is 28.7 Å². The van der Waals surface area contributed by atoms with Gasteiger partial charge in [0, 0.05) is 34.8 Å². The molecule has 26 heavy (non-hydrogen) atoms. The van der Waals surface area contributed by atoms with Gasteiger partial charge in [0.1, 0.15) is 0 Å². The number of benzene rings is 1. The van der Waals surface area contributed by atoms with Gasteiger partial charge in [-0.3, -0.25) is 9.59 Å². The summed E-state index contributed by atoms with van der Waals surface area (Å²) >= 11 is 1.80. The summed E-state index contributed by atoms with van der Waals surface area (Å²) in [5, 5.41) is 0. The molecule has 2 aromatic rings. The molecule has 2 rings (SSSR count). The van der Waals surface area contributed by atoms with Crippen LogP contribution in [-0.4, -0.2) is 35.6 Å². The lowest BCUT2D eigenvalue weighted by Gasteiger charge is -2.15. The molecule has 140 valence electrons. The summed E-state index contributed by atoms with van der Waals surface area (Å²) in [6.45, 7) is 6.50. The van der Waals surface area contributed by atoms with E-state index >= 15 is 0 Å². The van der Waals surface area contributed by atoms with Crippen molar-refractivity contribution in [1.29, 1.82) is 0 Å². The van der Waals surface area contributed by atoms with Crippen molar-refractivity contribution in [3.63, 3.8) is 0 Å². The monoisotopic (exact) mass is 375 g/mol. The molecular weight excluding hydrogens is 350 g/mol. The SMILES string of the molecule is CCSCCOc1cc(C(=O)Cn2c(C)cc(=O)cc2C)ccc1OC. The summed E-state index contributed by atoms with van der Waals surface area (Å²) in [6, 6.07) is 8.29. The molecule has 0 aliphatic heterocycles. The van der Waals surface area contributed by atoms with Crippen molar-refractivity contribution in [2.75, 3.05) is 25.2 Å². The molecule has 1 heterocycles. The molecule has 1 aromatic heterocycles. The van der Waals surface area contributed by atoms with E-state index in [0.29, 0.717) is 23.7 Å². The van der Waals surface area contributed by atoms with Crippen molar-refractivity contribution in [2.24, 2.45) is 0 Å². The average molecular weight is 375 g/mol. The fourth-order valence-corrected chi connectivity index (χ4v) is 3.18. The van der Waals surface area contributed by atoms with Crippen LogP contribution in [0.25, 0.3) is 0 Å². The maximum atomic E-state index is 12.7. The van der Waals surface area contributed by atoms with E-state index in [9.17, 15) is 9.59 Å². The zero-order valence-corrected chi connectivity index (χ0v) is 16.5. The molecule has 0 amide bonds. The van der Waals surface area contributed by atoms with E-state index < -0.39 is 0 Å². The maximum Gasteiger partial charge on any atom is 0.182 e. The molecular formula is C20H25NO4S. The highest BCUT2D eigenvalue weighted by Gasteiger charge is 2.13. The van der Waals surface area contributed by atoms with E-state index in [-0.39, 0.29) is 17.8 Å². The van der Waals surface area contributed by atoms with Crippen LogP contribution in [0.15, 0.2) is 35.1 Å². The third-order valence-electron chi connectivity index (χ3n) is 4.03. The minimum absolute atomic E-state index is 0.0460. The Morgan fingerprint density at radius 2 is 1.81 bits per heavy atom. The minimum atomic E-state index is -0.0474. The Balaban J connectivity index is 2.19. The van der Waals surface area contributed by atoms with Gasteiger partial charge in [-0.05, 0) is 37.8 Å². The van der Waals surface area contributed by atoms with E-state index in [4.69, 9.17) is 9.47 Å². The van der Waals surface area contributed by atoms with Gasteiger partial charge in [-0.15, -0.1) is 0 Å². The van der Waals surface area contributed by atoms with Gasteiger partial charge in [0.25, 0.3) is 0 Å². The molecule has 1 aromatic carbocycles. The quantitative estimate of drug-likeness (QED) is 0.496. The molecule has 0 radical (unpaired) electrons. The second-order valence-electron chi connectivity index (χ2n) is 5.89. The number of nitrogens with zero attached hydrogens (tertiary/aromatic N) is 1. The molecule has 5 nitrogen and oxygen atoms in total. The topological polar surface area (TPSA) is 57.5 Å². The van der Waals surface area contributed by atoms with Gasteiger partial charge in [0.05, 0.1) is 20.3 Å². The molecule has 0 unspecified atom stereocenters. The van der Waals surface area contributed by atoms with Crippen LogP contribution in [0.3, 0.4) is 0 Å². The largest absolute Gasteiger partial charge is 0.493 e. The molecule has 0 atom stereocenters. The molecule has 6 heteroatoms. The lowest BCUT2D eigenvalue weighted by atomic mass is 10.1. The summed E-state index contributed by atoms with van der Waals surface area (Å²) in [6.07, 6.45) is 0. The Bertz CT molecular complexity index is 803. The average Bonchev–Trinajstić information content (AvgIpc) is 2.61. The number of ketones is 1. The minimum Gasteiger partial charge on any atom is -0.493 e. The third kappa shape index (κ3) is 5.14. The molecule has 0 spiro atoms. The molecule has 0 N–H and O–H groups in total. The molecule has 0 saturated carbocycles. The molecule has 0 saturated heterocycles. The zero-order valence-electron chi connectivity index (χ0n) is 15.7. The van der Waals surface area contributed by atoms with Gasteiger partial charge >= 0.3 is 0 Å². The smallest absolute Gasteiger partial charge is 0.182 e. The van der Waals surface area contributed by atoms with Crippen molar-refractivity contribution in [1.82, 2.24) is 4.57 Å². The first-order valence-corrected chi connectivity index (χ1v) is 9.71. The fourth-order valence-electron chi connectivity index (χ4n) is 2.69. The number of carbonyl (C=O) groups excluding carboxylic acids is 1. The van der Waals surface area contributed by atoms with E-state index in [0.717, 1.165) is 22.9 Å². The summed E-state index contributed by atoms with van der Waals surface area (Å²) < 4.78 is 13.0. The zero-order chi connectivity index (χ0) is 19.1. The van der Waals surface area contributed by atoms with Crippen molar-refractivity contribution < 1.29 is 14.3 Å². The number of pyridine rings is 1. The third-order valence-corrected chi connectivity index (χ3v) is 4.89. The summed E-state index contributed by atoms with van der Waals surface area (Å²) in [7, 11) is 1.58. The number of carbonyl (C=O) groups is 1. The molecule has 0 aliphatic carbocycles. The van der Waals surface area contributed by atoms with Crippen LogP contribution in [0, 0.1) is 13.8 Å². The standard InChI is InChI=1S/C20H25NO4S/c1-5-26-9-8-25-20-12-16(6-7-19(20)24-4)18(23)13-21-14(2)10-17(22)11-15(21)3/h6-7,10-12H,5,8-9,13H2,1-4H3. The Morgan fingerprint density at radius 1 is 1.12 bits per heavy atom. The predicted molar refractivity (Wildman–Crippen MR) is 106 cm³/mol. The van der Waals surface area contributed by atoms with Gasteiger partial charge in [-0.2, -0.15) is 11.8 Å². The van der Waals surface area contributed by atoms with E-state index in [1.807, 2.05) is 18.4 Å². The van der Waals surface area contributed by atoms with Crippen molar-refractivity contribution >= 4 is 17.5 Å². The van der Waals surface area contributed by atoms with Crippen LogP contribution in [0.4, 0.5) is 0 Å². The van der Waals surface area contributed by atoms with Crippen molar-refractivity contribution in [3.8, 4) is 11.5 Å². The lowest BCUT2D eigenvalue weighted by Crippen LogP contribution is -2.18. The second-order valence-corrected chi connectivity index (χ2v) is 7.29. The van der Waals surface area contributed by atoms with Crippen molar-refractivity contribution in [3.05, 3.63) is 57.5 Å². The first kappa shape index (κ1) is 20.1. The lowest BCUT2D eigenvalue weighted by molar-refractivity contribution is 0.0969. The Kier molecular flexibility index (Phi) is 7.33. The number of rotatable bonds is 9. The van der Waals surface area contributed by atoms with Crippen molar-refractivity contribution in [2.45, 2.75) is 27.3 Å². The second kappa shape index (κ2) is 9.48. The number of aromatic nitrogens is 1. The van der Waals surface area contributed by atoms with Crippen LogP contribution in [0.5, 0.6) is 11.5 Å². The van der Waals surface area contributed by atoms with Gasteiger partial charge in [0.15, 0.2) is 22.7 Å². The normalized spacial score (nSPS) is 10.6. The van der Waals surface area contributed by atoms with Gasteiger partial charge in [-0.1, -0.05) is 6.92 Å². The first-order valence-electron chi connectivity index (χ1n) is 8.56. The number of hydrogen-bond donors (Lipinski definition) is 0. The highest BCUT2D eigenvalue weighted by molar-refractivity contribution is 7.99. The van der Waals surface area contributed by atoms with E-state index in [1.54, 1.807) is 37.1 Å². The summed E-state index contributed by atoms with van der Waals surface area (Å²) in [5.41, 5.74) is 2.05. The molecule has 0 bridgehead atoms. The van der Waals surface area contributed by atoms with Crippen LogP contribution >= 0.6 is 11.8 Å². The van der Waals surface area contributed by atoms with Gasteiger partial charge in [-0.25, -0.2) is 0 Å². The predicted octanol–water partition coefficient (Wildman–Crippen LogP) is 3.49. The number of thioether (sulfide) groups is 1. The molecule has 0 fully saturated rings. The molecule has 0 aliphatic rings. The highest BCUT2D eigenvalue weighted by atomic mass is 32.2. The number of aryl methyl sites for hydroxylation is 2. The van der Waals surface area contributed by atoms with Crippen LogP contribution in [0.2, 0.25) is 0 Å². The Labute approximate surface area is 158 Å². The van der Waals surface area contributed by atoms with E-state index in [1.165, 1.54) is 12.1 Å². The Morgan fingerprint density at radius 3 is 2.42 bits per heavy atom. The van der Waals surface area contributed by atoms with E-state index in [2.05, 4.69) is 6.92 Å². The first-order chi connectivity index (χ1) is 12.5. The van der Waals surface area contributed by atoms with Crippen LogP contribution < -0.4 is 14.9 Å². The Hall–Kier alpha value is -2.21. The van der Waals surface area contributed by atoms with Gasteiger partial charge in [0.2, 0.25) is 0 Å². The maximum absolute atomic E-state index is 12.7. The van der Waals surface area contributed by atoms with Gasteiger partial charge < -0.3 is 14.0 Å². The summed E-state index contributed by atoms with van der Waals surface area (Å²) in [5.74, 6) is 3.06.